The first-order chi connectivity index (χ1) is 3.93. The predicted octanol–water partition coefficient (Wildman–Crippen LogP) is 2.08. The van der Waals surface area contributed by atoms with E-state index in [0.717, 1.165) is 19.8 Å². The molecular formula is C8H20O2. The van der Waals surface area contributed by atoms with Crippen molar-refractivity contribution in [2.45, 2.75) is 34.3 Å². The van der Waals surface area contributed by atoms with Gasteiger partial charge in [-0.25, -0.2) is 0 Å². The summed E-state index contributed by atoms with van der Waals surface area (Å²) in [6, 6.07) is 0. The molecule has 0 N–H and O–H groups in total. The second-order valence-electron chi connectivity index (χ2n) is 1.94. The highest BCUT2D eigenvalue weighted by Gasteiger charge is 2.16. The van der Waals surface area contributed by atoms with Crippen molar-refractivity contribution < 1.29 is 9.47 Å². The smallest absolute Gasteiger partial charge is 0.0830 e. The lowest BCUT2D eigenvalue weighted by atomic mass is 10.2. The summed E-state index contributed by atoms with van der Waals surface area (Å²) in [7, 11) is 0. The zero-order chi connectivity index (χ0) is 5.82. The fraction of sp³-hybridized carbons (Fsp3) is 1.00. The van der Waals surface area contributed by atoms with Crippen molar-refractivity contribution in [1.82, 2.24) is 0 Å². The number of ether oxygens (including phenoxy) is 2. The van der Waals surface area contributed by atoms with E-state index in [-0.39, 0.29) is 14.9 Å². The van der Waals surface area contributed by atoms with Crippen molar-refractivity contribution in [2.75, 3.05) is 19.8 Å². The van der Waals surface area contributed by atoms with Crippen LogP contribution in [0.3, 0.4) is 0 Å². The maximum absolute atomic E-state index is 5.11. The van der Waals surface area contributed by atoms with Crippen LogP contribution in [-0.4, -0.2) is 25.9 Å². The van der Waals surface area contributed by atoms with Crippen LogP contribution in [0.15, 0.2) is 0 Å². The average molecular weight is 148 g/mol. The third-order valence-electron chi connectivity index (χ3n) is 1.30. The zero-order valence-electron chi connectivity index (χ0n) is 5.22. The van der Waals surface area contributed by atoms with Gasteiger partial charge in [0.2, 0.25) is 0 Å². The van der Waals surface area contributed by atoms with Crippen LogP contribution < -0.4 is 0 Å². The van der Waals surface area contributed by atoms with Crippen LogP contribution in [0.4, 0.5) is 0 Å². The Morgan fingerprint density at radius 1 is 1.50 bits per heavy atom. The minimum Gasteiger partial charge on any atom is -0.379 e. The zero-order valence-corrected chi connectivity index (χ0v) is 5.22. The molecule has 64 valence electrons. The molecule has 0 aromatic rings. The molecule has 0 aromatic carbocycles. The Bertz CT molecular complexity index is 60.3. The standard InChI is InChI=1S/C6H12O2.2CH4/c1-2-7-5-6-3-4-8-6;;/h6H,2-5H2,1H3;2*1H4. The van der Waals surface area contributed by atoms with Crippen molar-refractivity contribution in [3.8, 4) is 0 Å². The Hall–Kier alpha value is -0.0800. The second kappa shape index (κ2) is 7.03. The molecule has 2 nitrogen and oxygen atoms in total. The summed E-state index contributed by atoms with van der Waals surface area (Å²) in [6.45, 7) is 4.52. The number of hydrogen-bond acceptors (Lipinski definition) is 2. The summed E-state index contributed by atoms with van der Waals surface area (Å²) in [6.07, 6.45) is 1.59. The van der Waals surface area contributed by atoms with E-state index in [1.54, 1.807) is 0 Å². The van der Waals surface area contributed by atoms with Gasteiger partial charge in [0.05, 0.1) is 12.7 Å². The summed E-state index contributed by atoms with van der Waals surface area (Å²) < 4.78 is 10.2. The molecule has 1 unspecified atom stereocenters. The van der Waals surface area contributed by atoms with Gasteiger partial charge in [-0.15, -0.1) is 0 Å². The molecule has 1 heterocycles. The Morgan fingerprint density at radius 3 is 2.40 bits per heavy atom. The highest BCUT2D eigenvalue weighted by atomic mass is 16.5. The average Bonchev–Trinajstić information content (AvgIpc) is 1.63. The Kier molecular flexibility index (Phi) is 8.85. The summed E-state index contributed by atoms with van der Waals surface area (Å²) in [5.74, 6) is 0. The van der Waals surface area contributed by atoms with E-state index < -0.39 is 0 Å². The third-order valence-corrected chi connectivity index (χ3v) is 1.30. The van der Waals surface area contributed by atoms with Crippen LogP contribution in [-0.2, 0) is 9.47 Å². The van der Waals surface area contributed by atoms with Gasteiger partial charge >= 0.3 is 0 Å². The molecule has 10 heavy (non-hydrogen) atoms. The molecular weight excluding hydrogens is 128 g/mol. The molecule has 0 aliphatic carbocycles. The lowest BCUT2D eigenvalue weighted by Crippen LogP contribution is -2.31. The fourth-order valence-corrected chi connectivity index (χ4v) is 0.665. The number of hydrogen-bond donors (Lipinski definition) is 0. The molecule has 0 saturated carbocycles. The van der Waals surface area contributed by atoms with Crippen molar-refractivity contribution in [2.24, 2.45) is 0 Å². The predicted molar refractivity (Wildman–Crippen MR) is 44.3 cm³/mol. The molecule has 0 amide bonds. The van der Waals surface area contributed by atoms with Gasteiger partial charge in [0.15, 0.2) is 0 Å². The van der Waals surface area contributed by atoms with E-state index in [0.29, 0.717) is 6.10 Å². The van der Waals surface area contributed by atoms with Crippen molar-refractivity contribution in [3.05, 3.63) is 0 Å². The Balaban J connectivity index is 0. The van der Waals surface area contributed by atoms with Gasteiger partial charge < -0.3 is 9.47 Å². The lowest BCUT2D eigenvalue weighted by Gasteiger charge is -2.25. The molecule has 0 aromatic heterocycles. The van der Waals surface area contributed by atoms with Crippen molar-refractivity contribution in [1.29, 1.82) is 0 Å². The Labute approximate surface area is 64.5 Å². The van der Waals surface area contributed by atoms with Crippen LogP contribution in [0.5, 0.6) is 0 Å². The van der Waals surface area contributed by atoms with Gasteiger partial charge in [0.1, 0.15) is 0 Å². The van der Waals surface area contributed by atoms with Gasteiger partial charge in [-0.1, -0.05) is 14.9 Å². The molecule has 0 radical (unpaired) electrons. The van der Waals surface area contributed by atoms with E-state index in [1.807, 2.05) is 6.92 Å². The van der Waals surface area contributed by atoms with E-state index >= 15 is 0 Å². The molecule has 0 spiro atoms. The molecule has 1 aliphatic rings. The summed E-state index contributed by atoms with van der Waals surface area (Å²) in [5.41, 5.74) is 0. The largest absolute Gasteiger partial charge is 0.379 e. The lowest BCUT2D eigenvalue weighted by molar-refractivity contribution is -0.0921. The van der Waals surface area contributed by atoms with Crippen LogP contribution in [0, 0.1) is 0 Å². The fourth-order valence-electron chi connectivity index (χ4n) is 0.665. The maximum Gasteiger partial charge on any atom is 0.0830 e. The summed E-state index contributed by atoms with van der Waals surface area (Å²) in [4.78, 5) is 0. The van der Waals surface area contributed by atoms with Crippen LogP contribution >= 0.6 is 0 Å². The van der Waals surface area contributed by atoms with E-state index in [4.69, 9.17) is 9.47 Å². The van der Waals surface area contributed by atoms with Crippen LogP contribution in [0.1, 0.15) is 28.2 Å². The first kappa shape index (κ1) is 12.6. The molecule has 1 fully saturated rings. The van der Waals surface area contributed by atoms with Gasteiger partial charge in [0, 0.05) is 13.2 Å². The second-order valence-corrected chi connectivity index (χ2v) is 1.94. The minimum atomic E-state index is 0. The van der Waals surface area contributed by atoms with E-state index in [9.17, 15) is 0 Å². The third kappa shape index (κ3) is 3.85. The highest BCUT2D eigenvalue weighted by Crippen LogP contribution is 2.10. The maximum atomic E-state index is 5.11. The molecule has 0 bridgehead atoms. The van der Waals surface area contributed by atoms with Gasteiger partial charge in [-0.2, -0.15) is 0 Å². The van der Waals surface area contributed by atoms with E-state index in [1.165, 1.54) is 6.42 Å². The van der Waals surface area contributed by atoms with Gasteiger partial charge in [-0.05, 0) is 13.3 Å². The number of rotatable bonds is 3. The van der Waals surface area contributed by atoms with E-state index in [2.05, 4.69) is 0 Å². The van der Waals surface area contributed by atoms with Crippen LogP contribution in [0.2, 0.25) is 0 Å². The quantitative estimate of drug-likeness (QED) is 0.610. The molecule has 1 aliphatic heterocycles. The Morgan fingerprint density at radius 2 is 2.10 bits per heavy atom. The molecule has 1 atom stereocenters. The first-order valence-electron chi connectivity index (χ1n) is 3.13. The topological polar surface area (TPSA) is 18.5 Å². The minimum absolute atomic E-state index is 0. The monoisotopic (exact) mass is 148 g/mol. The van der Waals surface area contributed by atoms with Crippen molar-refractivity contribution >= 4 is 0 Å². The molecule has 1 rings (SSSR count). The van der Waals surface area contributed by atoms with Crippen molar-refractivity contribution in [3.63, 3.8) is 0 Å². The van der Waals surface area contributed by atoms with Crippen LogP contribution in [0.25, 0.3) is 0 Å². The summed E-state index contributed by atoms with van der Waals surface area (Å²) >= 11 is 0. The molecule has 2 heteroatoms. The molecule has 1 saturated heterocycles. The van der Waals surface area contributed by atoms with Gasteiger partial charge in [0.25, 0.3) is 0 Å². The first-order valence-corrected chi connectivity index (χ1v) is 3.13. The summed E-state index contributed by atoms with van der Waals surface area (Å²) in [5, 5.41) is 0. The highest BCUT2D eigenvalue weighted by molar-refractivity contribution is 4.64. The SMILES string of the molecule is C.C.CCOCC1CCO1. The van der Waals surface area contributed by atoms with Gasteiger partial charge in [-0.3, -0.25) is 0 Å². The normalized spacial score (nSPS) is 21.9.